The molecule has 5 heterocycles. The van der Waals surface area contributed by atoms with Gasteiger partial charge in [0.25, 0.3) is 0 Å². The molecule has 1 saturated heterocycles. The maximum Gasteiger partial charge on any atom is 0.179 e. The smallest absolute Gasteiger partial charge is 0.179 e. The van der Waals surface area contributed by atoms with E-state index in [1.807, 2.05) is 54.8 Å². The Morgan fingerprint density at radius 3 is 2.33 bits per heavy atom. The van der Waals surface area contributed by atoms with Crippen LogP contribution in [0.4, 0.5) is 10.2 Å². The average Bonchev–Trinajstić information content (AvgIpc) is 3.38. The number of rotatable bonds is 5. The molecule has 0 saturated carbocycles. The van der Waals surface area contributed by atoms with Crippen molar-refractivity contribution in [1.82, 2.24) is 34.3 Å². The highest BCUT2D eigenvalue weighted by atomic mass is 19.1. The van der Waals surface area contributed by atoms with E-state index < -0.39 is 5.82 Å². The first-order chi connectivity index (χ1) is 19.6. The summed E-state index contributed by atoms with van der Waals surface area (Å²) in [5, 5.41) is 9.09. The molecule has 202 valence electrons. The quantitative estimate of drug-likeness (QED) is 0.317. The van der Waals surface area contributed by atoms with Gasteiger partial charge >= 0.3 is 0 Å². The van der Waals surface area contributed by atoms with E-state index in [1.165, 1.54) is 17.8 Å². The van der Waals surface area contributed by atoms with Gasteiger partial charge in [-0.25, -0.2) is 19.3 Å². The number of hydrogen-bond donors (Lipinski definition) is 1. The second kappa shape index (κ2) is 11.9. The van der Waals surface area contributed by atoms with E-state index in [4.69, 9.17) is 21.0 Å². The highest BCUT2D eigenvalue weighted by molar-refractivity contribution is 5.84. The van der Waals surface area contributed by atoms with Crippen molar-refractivity contribution in [2.75, 3.05) is 31.9 Å². The summed E-state index contributed by atoms with van der Waals surface area (Å²) in [5.41, 5.74) is 11.5. The lowest BCUT2D eigenvalue weighted by atomic mass is 10.1. The number of halogens is 1. The zero-order valence-electron chi connectivity index (χ0n) is 22.5. The third-order valence-corrected chi connectivity index (χ3v) is 6.69. The van der Waals surface area contributed by atoms with Gasteiger partial charge in [0.1, 0.15) is 17.2 Å². The lowest BCUT2D eigenvalue weighted by molar-refractivity contribution is 0.167. The Kier molecular flexibility index (Phi) is 7.94. The zero-order chi connectivity index (χ0) is 28.1. The number of pyridine rings is 3. The number of nitrogens with zero attached hydrogens (tertiary/aromatic N) is 8. The number of piperazine rings is 1. The molecule has 0 radical (unpaired) electrons. The predicted octanol–water partition coefficient (Wildman–Crippen LogP) is 4.89. The van der Waals surface area contributed by atoms with Crippen LogP contribution in [0, 0.1) is 17.3 Å². The third-order valence-electron chi connectivity index (χ3n) is 6.69. The molecular weight excluding hydrogens is 505 g/mol. The van der Waals surface area contributed by atoms with Crippen LogP contribution < -0.4 is 5.73 Å². The molecule has 0 spiro atoms. The Morgan fingerprint density at radius 2 is 1.65 bits per heavy atom. The second-order valence-corrected chi connectivity index (χ2v) is 9.14. The van der Waals surface area contributed by atoms with E-state index in [0.29, 0.717) is 39.8 Å². The minimum atomic E-state index is -0.402. The summed E-state index contributed by atoms with van der Waals surface area (Å²) >= 11 is 0. The van der Waals surface area contributed by atoms with Crippen molar-refractivity contribution < 1.29 is 4.39 Å². The normalized spacial score (nSPS) is 13.5. The second-order valence-electron chi connectivity index (χ2n) is 9.14. The standard InChI is InChI=1S/C28H24FN9.C2H6/c29-20-5-8-23(33-16-20)24-9-10-25-28(34-24)38(27(35-25)22-2-1-11-32-26(22)31)21-6-3-19(4-7-21)17-36-12-14-37(18-30)15-13-36;1-2/h1-11,16H,12-15,17H2,(H2,31,32);1-2H3. The van der Waals surface area contributed by atoms with Crippen molar-refractivity contribution in [2.24, 2.45) is 0 Å². The summed E-state index contributed by atoms with van der Waals surface area (Å²) in [7, 11) is 0. The molecule has 10 heteroatoms. The predicted molar refractivity (Wildman–Crippen MR) is 154 cm³/mol. The van der Waals surface area contributed by atoms with Gasteiger partial charge in [-0.1, -0.05) is 26.0 Å². The molecule has 1 aliphatic heterocycles. The van der Waals surface area contributed by atoms with Gasteiger partial charge in [0, 0.05) is 44.6 Å². The van der Waals surface area contributed by atoms with Gasteiger partial charge in [-0.2, -0.15) is 5.26 Å². The molecule has 5 aromatic rings. The Morgan fingerprint density at radius 1 is 0.900 bits per heavy atom. The first-order valence-corrected chi connectivity index (χ1v) is 13.3. The molecular formula is C30H30FN9. The van der Waals surface area contributed by atoms with Crippen LogP contribution in [0.5, 0.6) is 0 Å². The van der Waals surface area contributed by atoms with Gasteiger partial charge in [0.2, 0.25) is 0 Å². The first kappa shape index (κ1) is 26.7. The van der Waals surface area contributed by atoms with Crippen molar-refractivity contribution in [3.8, 4) is 34.7 Å². The van der Waals surface area contributed by atoms with Gasteiger partial charge < -0.3 is 10.6 Å². The van der Waals surface area contributed by atoms with E-state index in [-0.39, 0.29) is 0 Å². The fraction of sp³-hybridized carbons (Fsp3) is 0.233. The molecule has 40 heavy (non-hydrogen) atoms. The van der Waals surface area contributed by atoms with Gasteiger partial charge in [-0.3, -0.25) is 14.5 Å². The molecule has 0 unspecified atom stereocenters. The van der Waals surface area contributed by atoms with Crippen LogP contribution in [0.25, 0.3) is 39.6 Å². The summed E-state index contributed by atoms with van der Waals surface area (Å²) in [6, 6.07) is 18.7. The maximum absolute atomic E-state index is 13.5. The van der Waals surface area contributed by atoms with E-state index in [0.717, 1.165) is 38.4 Å². The number of fused-ring (bicyclic) bond motifs is 1. The molecule has 0 aliphatic carbocycles. The SMILES string of the molecule is CC.N#CN1CCN(Cc2ccc(-n3c(-c4cccnc4N)nc4ccc(-c5ccc(F)cn5)nc43)cc2)CC1. The number of nitrogens with two attached hydrogens (primary N) is 1. The van der Waals surface area contributed by atoms with Crippen LogP contribution in [0.3, 0.4) is 0 Å². The molecule has 1 aliphatic rings. The highest BCUT2D eigenvalue weighted by Crippen LogP contribution is 2.31. The Labute approximate surface area is 232 Å². The van der Waals surface area contributed by atoms with Gasteiger partial charge in [-0.05, 0) is 54.1 Å². The molecule has 1 fully saturated rings. The third kappa shape index (κ3) is 5.46. The van der Waals surface area contributed by atoms with E-state index >= 15 is 0 Å². The minimum Gasteiger partial charge on any atom is -0.383 e. The number of hydrogen-bond acceptors (Lipinski definition) is 8. The lowest BCUT2D eigenvalue weighted by Crippen LogP contribution is -2.43. The van der Waals surface area contributed by atoms with E-state index in [1.54, 1.807) is 17.2 Å². The zero-order valence-corrected chi connectivity index (χ0v) is 22.5. The lowest BCUT2D eigenvalue weighted by Gasteiger charge is -2.31. The van der Waals surface area contributed by atoms with Crippen LogP contribution in [0.1, 0.15) is 19.4 Å². The van der Waals surface area contributed by atoms with Crippen LogP contribution >= 0.6 is 0 Å². The summed E-state index contributed by atoms with van der Waals surface area (Å²) in [4.78, 5) is 22.3. The summed E-state index contributed by atoms with van der Waals surface area (Å²) in [6.45, 7) is 8.03. The highest BCUT2D eigenvalue weighted by Gasteiger charge is 2.20. The van der Waals surface area contributed by atoms with Crippen LogP contribution in [-0.4, -0.2) is 60.5 Å². The summed E-state index contributed by atoms with van der Waals surface area (Å²) < 4.78 is 15.4. The van der Waals surface area contributed by atoms with Gasteiger partial charge in [0.15, 0.2) is 17.7 Å². The molecule has 0 bridgehead atoms. The van der Waals surface area contributed by atoms with Crippen molar-refractivity contribution in [3.05, 3.63) is 84.4 Å². The molecule has 0 atom stereocenters. The molecule has 1 aromatic carbocycles. The molecule has 2 N–H and O–H groups in total. The fourth-order valence-corrected chi connectivity index (χ4v) is 4.67. The Balaban J connectivity index is 0.00000158. The Bertz CT molecular complexity index is 1630. The molecule has 0 amide bonds. The number of anilines is 1. The van der Waals surface area contributed by atoms with Crippen LogP contribution in [0.2, 0.25) is 0 Å². The first-order valence-electron chi connectivity index (χ1n) is 13.3. The topological polar surface area (TPSA) is 113 Å². The number of imidazole rings is 1. The van der Waals surface area contributed by atoms with Crippen LogP contribution in [0.15, 0.2) is 73.1 Å². The van der Waals surface area contributed by atoms with Gasteiger partial charge in [-0.15, -0.1) is 0 Å². The summed E-state index contributed by atoms with van der Waals surface area (Å²) in [6.07, 6.45) is 5.05. The minimum absolute atomic E-state index is 0.373. The maximum atomic E-state index is 13.5. The van der Waals surface area contributed by atoms with E-state index in [9.17, 15) is 4.39 Å². The number of aromatic nitrogens is 5. The van der Waals surface area contributed by atoms with Crippen molar-refractivity contribution in [3.63, 3.8) is 0 Å². The van der Waals surface area contributed by atoms with Crippen molar-refractivity contribution >= 4 is 17.0 Å². The van der Waals surface area contributed by atoms with Crippen molar-refractivity contribution in [2.45, 2.75) is 20.4 Å². The average molecular weight is 536 g/mol. The molecule has 4 aromatic heterocycles. The van der Waals surface area contributed by atoms with Crippen LogP contribution in [-0.2, 0) is 6.54 Å². The number of nitrogen functional groups attached to an aromatic ring is 1. The largest absolute Gasteiger partial charge is 0.383 e. The molecule has 6 rings (SSSR count). The molecule has 9 nitrogen and oxygen atoms in total. The monoisotopic (exact) mass is 535 g/mol. The Hall–Kier alpha value is -4.88. The fourth-order valence-electron chi connectivity index (χ4n) is 4.67. The summed E-state index contributed by atoms with van der Waals surface area (Å²) in [5.74, 6) is 0.599. The number of benzene rings is 1. The van der Waals surface area contributed by atoms with Gasteiger partial charge in [0.05, 0.1) is 23.1 Å². The van der Waals surface area contributed by atoms with E-state index in [2.05, 4.69) is 33.2 Å². The van der Waals surface area contributed by atoms with Crippen molar-refractivity contribution in [1.29, 1.82) is 5.26 Å². The number of nitriles is 1.